The van der Waals surface area contributed by atoms with Gasteiger partial charge in [0.2, 0.25) is 0 Å². The van der Waals surface area contributed by atoms with Crippen LogP contribution >= 0.6 is 0 Å². The van der Waals surface area contributed by atoms with E-state index in [2.05, 4.69) is 32.9 Å². The van der Waals surface area contributed by atoms with Gasteiger partial charge in [-0.15, -0.1) is 0 Å². The van der Waals surface area contributed by atoms with Gasteiger partial charge in [0.25, 0.3) is 0 Å². The van der Waals surface area contributed by atoms with Crippen LogP contribution < -0.4 is 4.90 Å². The number of aliphatic carboxylic acids is 1. The molecule has 1 aliphatic rings. The number of carboxylic acids is 1. The summed E-state index contributed by atoms with van der Waals surface area (Å²) in [5, 5.41) is 9.49. The molecule has 1 aromatic rings. The predicted molar refractivity (Wildman–Crippen MR) is 78.4 cm³/mol. The number of hydrogen-bond acceptors (Lipinski definition) is 2. The third-order valence-electron chi connectivity index (χ3n) is 3.76. The van der Waals surface area contributed by atoms with Crippen molar-refractivity contribution in [3.63, 3.8) is 0 Å². The van der Waals surface area contributed by atoms with E-state index in [1.54, 1.807) is 0 Å². The predicted octanol–water partition coefficient (Wildman–Crippen LogP) is 3.55. The van der Waals surface area contributed by atoms with Crippen LogP contribution in [0, 0.1) is 0 Å². The molecule has 102 valence electrons. The fourth-order valence-corrected chi connectivity index (χ4v) is 3.04. The zero-order valence-corrected chi connectivity index (χ0v) is 12.0. The average molecular weight is 259 g/mol. The highest BCUT2D eigenvalue weighted by Gasteiger charge is 2.38. The SMILES string of the molecule is CC[C@H](C(=O)O)N1c2ccccc2C(C)=CC1(C)C. The summed E-state index contributed by atoms with van der Waals surface area (Å²) in [6.07, 6.45) is 2.74. The van der Waals surface area contributed by atoms with Crippen molar-refractivity contribution in [1.29, 1.82) is 0 Å². The van der Waals surface area contributed by atoms with E-state index in [1.165, 1.54) is 5.57 Å². The molecule has 0 radical (unpaired) electrons. The molecule has 0 amide bonds. The Labute approximate surface area is 114 Å². The van der Waals surface area contributed by atoms with Crippen LogP contribution in [0.2, 0.25) is 0 Å². The fraction of sp³-hybridized carbons (Fsp3) is 0.438. The highest BCUT2D eigenvalue weighted by atomic mass is 16.4. The average Bonchev–Trinajstić information content (AvgIpc) is 2.33. The molecule has 0 spiro atoms. The molecule has 0 saturated heterocycles. The Kier molecular flexibility index (Phi) is 3.40. The third kappa shape index (κ3) is 2.25. The van der Waals surface area contributed by atoms with Crippen molar-refractivity contribution in [3.05, 3.63) is 35.9 Å². The number of allylic oxidation sites excluding steroid dienone is 1. The number of benzene rings is 1. The number of fused-ring (bicyclic) bond motifs is 1. The standard InChI is InChI=1S/C16H21NO2/c1-5-13(15(18)19)17-14-9-7-6-8-12(14)11(2)10-16(17,3)4/h6-10,13H,5H2,1-4H3,(H,18,19)/t13-/m1/s1. The van der Waals surface area contributed by atoms with E-state index >= 15 is 0 Å². The van der Waals surface area contributed by atoms with E-state index in [0.29, 0.717) is 6.42 Å². The molecule has 1 aliphatic heterocycles. The summed E-state index contributed by atoms with van der Waals surface area (Å²) < 4.78 is 0. The van der Waals surface area contributed by atoms with E-state index in [9.17, 15) is 9.90 Å². The minimum atomic E-state index is -0.765. The first kappa shape index (κ1) is 13.7. The van der Waals surface area contributed by atoms with Gasteiger partial charge in [-0.05, 0) is 38.8 Å². The molecule has 3 heteroatoms. The molecule has 19 heavy (non-hydrogen) atoms. The van der Waals surface area contributed by atoms with Crippen LogP contribution in [-0.2, 0) is 4.79 Å². The van der Waals surface area contributed by atoms with Crippen LogP contribution in [0.4, 0.5) is 5.69 Å². The zero-order chi connectivity index (χ0) is 14.2. The molecular weight excluding hydrogens is 238 g/mol. The number of anilines is 1. The first-order chi connectivity index (χ1) is 8.88. The van der Waals surface area contributed by atoms with Gasteiger partial charge in [-0.25, -0.2) is 4.79 Å². The van der Waals surface area contributed by atoms with Crippen molar-refractivity contribution < 1.29 is 9.90 Å². The lowest BCUT2D eigenvalue weighted by Crippen LogP contribution is -2.54. The number of para-hydroxylation sites is 1. The van der Waals surface area contributed by atoms with E-state index < -0.39 is 12.0 Å². The Hall–Kier alpha value is -1.77. The van der Waals surface area contributed by atoms with Gasteiger partial charge in [-0.1, -0.05) is 31.2 Å². The van der Waals surface area contributed by atoms with Crippen LogP contribution in [0.3, 0.4) is 0 Å². The molecule has 2 rings (SSSR count). The van der Waals surface area contributed by atoms with Gasteiger partial charge >= 0.3 is 5.97 Å². The Morgan fingerprint density at radius 2 is 2.00 bits per heavy atom. The van der Waals surface area contributed by atoms with Crippen molar-refractivity contribution in [2.75, 3.05) is 4.90 Å². The molecule has 0 unspecified atom stereocenters. The Morgan fingerprint density at radius 3 is 2.58 bits per heavy atom. The number of hydrogen-bond donors (Lipinski definition) is 1. The van der Waals surface area contributed by atoms with Crippen LogP contribution in [0.1, 0.15) is 39.7 Å². The Morgan fingerprint density at radius 1 is 1.37 bits per heavy atom. The quantitative estimate of drug-likeness (QED) is 0.902. The van der Waals surface area contributed by atoms with Crippen LogP contribution in [0.15, 0.2) is 30.3 Å². The lowest BCUT2D eigenvalue weighted by Gasteiger charge is -2.46. The molecule has 0 aromatic heterocycles. The molecule has 0 aliphatic carbocycles. The minimum Gasteiger partial charge on any atom is -0.480 e. The molecule has 1 aromatic carbocycles. The molecule has 3 nitrogen and oxygen atoms in total. The molecule has 1 heterocycles. The van der Waals surface area contributed by atoms with Crippen LogP contribution in [0.25, 0.3) is 5.57 Å². The van der Waals surface area contributed by atoms with E-state index in [0.717, 1.165) is 11.3 Å². The molecule has 0 saturated carbocycles. The normalized spacial score (nSPS) is 18.5. The van der Waals surface area contributed by atoms with E-state index in [1.807, 2.05) is 30.0 Å². The maximum Gasteiger partial charge on any atom is 0.326 e. The molecule has 1 atom stereocenters. The van der Waals surface area contributed by atoms with Gasteiger partial charge in [-0.3, -0.25) is 0 Å². The van der Waals surface area contributed by atoms with Crippen molar-refractivity contribution in [1.82, 2.24) is 0 Å². The third-order valence-corrected chi connectivity index (χ3v) is 3.76. The number of rotatable bonds is 3. The second kappa shape index (κ2) is 4.72. The highest BCUT2D eigenvalue weighted by Crippen LogP contribution is 2.40. The van der Waals surface area contributed by atoms with Crippen molar-refractivity contribution in [3.8, 4) is 0 Å². The van der Waals surface area contributed by atoms with Gasteiger partial charge in [-0.2, -0.15) is 0 Å². The van der Waals surface area contributed by atoms with Crippen LogP contribution in [0.5, 0.6) is 0 Å². The van der Waals surface area contributed by atoms with Gasteiger partial charge in [0, 0.05) is 11.3 Å². The monoisotopic (exact) mass is 259 g/mol. The second-order valence-corrected chi connectivity index (χ2v) is 5.63. The van der Waals surface area contributed by atoms with Gasteiger partial charge in [0.15, 0.2) is 0 Å². The number of carbonyl (C=O) groups is 1. The lowest BCUT2D eigenvalue weighted by atomic mass is 9.87. The number of carboxylic acid groups (broad SMARTS) is 1. The smallest absolute Gasteiger partial charge is 0.326 e. The number of nitrogens with zero attached hydrogens (tertiary/aromatic N) is 1. The second-order valence-electron chi connectivity index (χ2n) is 5.63. The Bertz CT molecular complexity index is 531. The summed E-state index contributed by atoms with van der Waals surface area (Å²) >= 11 is 0. The van der Waals surface area contributed by atoms with Gasteiger partial charge in [0.05, 0.1) is 5.54 Å². The maximum absolute atomic E-state index is 11.5. The molecule has 1 N–H and O–H groups in total. The van der Waals surface area contributed by atoms with Crippen molar-refractivity contribution in [2.45, 2.75) is 45.7 Å². The largest absolute Gasteiger partial charge is 0.480 e. The van der Waals surface area contributed by atoms with E-state index in [4.69, 9.17) is 0 Å². The minimum absolute atomic E-state index is 0.294. The Balaban J connectivity index is 2.61. The summed E-state index contributed by atoms with van der Waals surface area (Å²) in [5.41, 5.74) is 3.05. The first-order valence-corrected chi connectivity index (χ1v) is 6.69. The van der Waals surface area contributed by atoms with Crippen molar-refractivity contribution in [2.24, 2.45) is 0 Å². The van der Waals surface area contributed by atoms with Gasteiger partial charge < -0.3 is 10.0 Å². The maximum atomic E-state index is 11.5. The summed E-state index contributed by atoms with van der Waals surface area (Å²) in [5.74, 6) is -0.765. The first-order valence-electron chi connectivity index (χ1n) is 6.69. The van der Waals surface area contributed by atoms with Crippen LogP contribution in [-0.4, -0.2) is 22.7 Å². The van der Waals surface area contributed by atoms with Gasteiger partial charge in [0.1, 0.15) is 6.04 Å². The lowest BCUT2D eigenvalue weighted by molar-refractivity contribution is -0.139. The fourth-order valence-electron chi connectivity index (χ4n) is 3.04. The summed E-state index contributed by atoms with van der Waals surface area (Å²) in [6, 6.07) is 7.53. The summed E-state index contributed by atoms with van der Waals surface area (Å²) in [7, 11) is 0. The topological polar surface area (TPSA) is 40.5 Å². The summed E-state index contributed by atoms with van der Waals surface area (Å²) in [4.78, 5) is 13.6. The van der Waals surface area contributed by atoms with E-state index in [-0.39, 0.29) is 5.54 Å². The molecule has 0 bridgehead atoms. The summed E-state index contributed by atoms with van der Waals surface area (Å²) in [6.45, 7) is 8.14. The highest BCUT2D eigenvalue weighted by molar-refractivity contribution is 5.86. The molecule has 0 fully saturated rings. The molecular formula is C16H21NO2. The van der Waals surface area contributed by atoms with Crippen molar-refractivity contribution >= 4 is 17.2 Å². The zero-order valence-electron chi connectivity index (χ0n) is 12.0.